The minimum absolute atomic E-state index is 0.176. The van der Waals surface area contributed by atoms with E-state index in [1.807, 2.05) is 24.3 Å². The Morgan fingerprint density at radius 1 is 1.18 bits per heavy atom. The van der Waals surface area contributed by atoms with E-state index in [0.717, 1.165) is 11.3 Å². The smallest absolute Gasteiger partial charge is 0.144 e. The number of nitrogens with zero attached hydrogens (tertiary/aromatic N) is 1. The van der Waals surface area contributed by atoms with Crippen LogP contribution in [0, 0.1) is 6.07 Å². The lowest BCUT2D eigenvalue weighted by atomic mass is 10.2. The van der Waals surface area contributed by atoms with E-state index < -0.39 is 0 Å². The van der Waals surface area contributed by atoms with Gasteiger partial charge >= 0.3 is 0 Å². The van der Waals surface area contributed by atoms with Gasteiger partial charge in [0.1, 0.15) is 5.75 Å². The number of phenols is 1. The minimum atomic E-state index is 0.176. The molecule has 0 spiro atoms. The van der Waals surface area contributed by atoms with Crippen molar-refractivity contribution in [1.82, 2.24) is 0 Å². The molecule has 0 fully saturated rings. The van der Waals surface area contributed by atoms with Gasteiger partial charge in [-0.05, 0) is 50.1 Å². The lowest BCUT2D eigenvalue weighted by Crippen LogP contribution is -1.79. The molecule has 0 aliphatic rings. The van der Waals surface area contributed by atoms with E-state index in [9.17, 15) is 5.11 Å². The predicted octanol–water partition coefficient (Wildman–Crippen LogP) is 4.47. The molecule has 2 aromatic rings. The van der Waals surface area contributed by atoms with Crippen molar-refractivity contribution in [3.05, 3.63) is 57.0 Å². The molecule has 0 unspecified atom stereocenters. The number of hydrogen-bond acceptors (Lipinski definition) is 2. The Hall–Kier alpha value is -1.13. The molecule has 0 heterocycles. The summed E-state index contributed by atoms with van der Waals surface area (Å²) in [5.74, 6) is 0.176. The Morgan fingerprint density at radius 3 is 2.47 bits per heavy atom. The molecule has 1 radical (unpaired) electrons. The molecule has 1 N–H and O–H groups in total. The molecular formula is C13H8Br2NO. The van der Waals surface area contributed by atoms with Gasteiger partial charge in [-0.2, -0.15) is 0 Å². The standard InChI is InChI=1S/C13H8Br2NO/c14-11-6-10(7-12(15)13(11)17)16-8-9-4-2-1-3-5-9/h1-4,6-8,17H. The number of aromatic hydroxyl groups is 1. The van der Waals surface area contributed by atoms with Gasteiger partial charge in [0, 0.05) is 11.8 Å². The molecule has 0 bridgehead atoms. The molecule has 2 rings (SSSR count). The second-order valence-electron chi connectivity index (χ2n) is 3.33. The van der Waals surface area contributed by atoms with Crippen LogP contribution < -0.4 is 0 Å². The highest BCUT2D eigenvalue weighted by Gasteiger charge is 2.04. The maximum atomic E-state index is 9.56. The molecule has 0 aromatic heterocycles. The normalized spacial score (nSPS) is 10.9. The summed E-state index contributed by atoms with van der Waals surface area (Å²) in [4.78, 5) is 4.31. The fourth-order valence-electron chi connectivity index (χ4n) is 1.26. The molecule has 2 aromatic carbocycles. The summed E-state index contributed by atoms with van der Waals surface area (Å²) in [5, 5.41) is 9.56. The molecule has 0 saturated heterocycles. The van der Waals surface area contributed by atoms with Gasteiger partial charge in [0.2, 0.25) is 0 Å². The third kappa shape index (κ3) is 3.17. The summed E-state index contributed by atoms with van der Waals surface area (Å²) in [6, 6.07) is 14.2. The number of hydrogen-bond donors (Lipinski definition) is 1. The Kier molecular flexibility index (Phi) is 3.97. The van der Waals surface area contributed by atoms with Crippen molar-refractivity contribution in [2.45, 2.75) is 0 Å². The van der Waals surface area contributed by atoms with Crippen molar-refractivity contribution in [3.63, 3.8) is 0 Å². The molecule has 0 aliphatic carbocycles. The van der Waals surface area contributed by atoms with Crippen LogP contribution in [-0.4, -0.2) is 11.3 Å². The molecule has 0 saturated carbocycles. The number of phenolic OH excluding ortho intramolecular Hbond substituents is 1. The zero-order valence-electron chi connectivity index (χ0n) is 8.69. The monoisotopic (exact) mass is 352 g/mol. The average Bonchev–Trinajstić information content (AvgIpc) is 2.34. The summed E-state index contributed by atoms with van der Waals surface area (Å²) in [6.45, 7) is 0. The van der Waals surface area contributed by atoms with Crippen molar-refractivity contribution in [2.24, 2.45) is 4.99 Å². The lowest BCUT2D eigenvalue weighted by Gasteiger charge is -2.01. The number of halogens is 2. The number of aliphatic imine (C=N–C) groups is 1. The number of rotatable bonds is 2. The van der Waals surface area contributed by atoms with E-state index >= 15 is 0 Å². The van der Waals surface area contributed by atoms with Gasteiger partial charge in [-0.25, -0.2) is 0 Å². The highest BCUT2D eigenvalue weighted by molar-refractivity contribution is 9.11. The van der Waals surface area contributed by atoms with Gasteiger partial charge in [-0.1, -0.05) is 24.3 Å². The molecule has 4 heteroatoms. The molecule has 0 aliphatic heterocycles. The summed E-state index contributed by atoms with van der Waals surface area (Å²) >= 11 is 6.52. The number of benzene rings is 2. The van der Waals surface area contributed by atoms with Crippen molar-refractivity contribution < 1.29 is 5.11 Å². The van der Waals surface area contributed by atoms with Crippen molar-refractivity contribution in [2.75, 3.05) is 0 Å². The molecule has 0 atom stereocenters. The highest BCUT2D eigenvalue weighted by Crippen LogP contribution is 2.36. The molecule has 85 valence electrons. The largest absolute Gasteiger partial charge is 0.506 e. The van der Waals surface area contributed by atoms with Gasteiger partial charge in [0.05, 0.1) is 14.6 Å². The first kappa shape index (κ1) is 12.3. The van der Waals surface area contributed by atoms with Gasteiger partial charge in [-0.15, -0.1) is 0 Å². The van der Waals surface area contributed by atoms with Gasteiger partial charge in [0.25, 0.3) is 0 Å². The van der Waals surface area contributed by atoms with Crippen LogP contribution in [0.1, 0.15) is 5.56 Å². The molecule has 2 nitrogen and oxygen atoms in total. The van der Waals surface area contributed by atoms with Crippen molar-refractivity contribution in [1.29, 1.82) is 0 Å². The van der Waals surface area contributed by atoms with Crippen LogP contribution in [-0.2, 0) is 0 Å². The van der Waals surface area contributed by atoms with Crippen LogP contribution >= 0.6 is 31.9 Å². The lowest BCUT2D eigenvalue weighted by molar-refractivity contribution is 0.468. The first-order valence-electron chi connectivity index (χ1n) is 4.85. The summed E-state index contributed by atoms with van der Waals surface area (Å²) in [7, 11) is 0. The SMILES string of the molecule is Oc1c(Br)cc(N=Cc2[c]cccc2)cc1Br. The average molecular weight is 354 g/mol. The van der Waals surface area contributed by atoms with E-state index in [1.165, 1.54) is 0 Å². The van der Waals surface area contributed by atoms with E-state index in [1.54, 1.807) is 18.3 Å². The van der Waals surface area contributed by atoms with Crippen molar-refractivity contribution in [3.8, 4) is 5.75 Å². The fourth-order valence-corrected chi connectivity index (χ4v) is 2.42. The van der Waals surface area contributed by atoms with E-state index in [0.29, 0.717) is 8.95 Å². The Bertz CT molecular complexity index is 530. The maximum absolute atomic E-state index is 9.56. The van der Waals surface area contributed by atoms with Crippen LogP contribution in [0.15, 0.2) is 50.3 Å². The quantitative estimate of drug-likeness (QED) is 0.794. The predicted molar refractivity (Wildman–Crippen MR) is 76.0 cm³/mol. The van der Waals surface area contributed by atoms with Gasteiger partial charge in [0.15, 0.2) is 0 Å². The zero-order valence-corrected chi connectivity index (χ0v) is 11.9. The Balaban J connectivity index is 2.28. The Morgan fingerprint density at radius 2 is 1.88 bits per heavy atom. The van der Waals surface area contributed by atoms with E-state index in [-0.39, 0.29) is 5.75 Å². The first-order chi connectivity index (χ1) is 8.16. The molecule has 17 heavy (non-hydrogen) atoms. The zero-order chi connectivity index (χ0) is 12.3. The third-order valence-corrected chi connectivity index (χ3v) is 3.30. The summed E-state index contributed by atoms with van der Waals surface area (Å²) in [5.41, 5.74) is 1.66. The topological polar surface area (TPSA) is 32.6 Å². The van der Waals surface area contributed by atoms with E-state index in [4.69, 9.17) is 0 Å². The Labute approximate surface area is 116 Å². The fraction of sp³-hybridized carbons (Fsp3) is 0. The van der Waals surface area contributed by atoms with Crippen LogP contribution in [0.2, 0.25) is 0 Å². The summed E-state index contributed by atoms with van der Waals surface area (Å²) < 4.78 is 1.21. The third-order valence-electron chi connectivity index (χ3n) is 2.09. The maximum Gasteiger partial charge on any atom is 0.144 e. The van der Waals surface area contributed by atoms with Crippen LogP contribution in [0.25, 0.3) is 0 Å². The molecule has 0 amide bonds. The van der Waals surface area contributed by atoms with Crippen molar-refractivity contribution >= 4 is 43.8 Å². The van der Waals surface area contributed by atoms with Gasteiger partial charge < -0.3 is 5.11 Å². The summed E-state index contributed by atoms with van der Waals surface area (Å²) in [6.07, 6.45) is 1.73. The minimum Gasteiger partial charge on any atom is -0.506 e. The van der Waals surface area contributed by atoms with Crippen LogP contribution in [0.3, 0.4) is 0 Å². The highest BCUT2D eigenvalue weighted by atomic mass is 79.9. The van der Waals surface area contributed by atoms with E-state index in [2.05, 4.69) is 42.9 Å². The second kappa shape index (κ2) is 5.47. The van der Waals surface area contributed by atoms with Crippen LogP contribution in [0.5, 0.6) is 5.75 Å². The second-order valence-corrected chi connectivity index (χ2v) is 5.04. The van der Waals surface area contributed by atoms with Crippen LogP contribution in [0.4, 0.5) is 5.69 Å². The first-order valence-corrected chi connectivity index (χ1v) is 6.44. The van der Waals surface area contributed by atoms with Gasteiger partial charge in [-0.3, -0.25) is 4.99 Å². The molecular weight excluding hydrogens is 346 g/mol.